The maximum absolute atomic E-state index is 12.8. The highest BCUT2D eigenvalue weighted by molar-refractivity contribution is 6.07. The predicted octanol–water partition coefficient (Wildman–Crippen LogP) is 3.99. The van der Waals surface area contributed by atoms with E-state index in [1.807, 2.05) is 43.3 Å². The second-order valence-corrected chi connectivity index (χ2v) is 6.98. The smallest absolute Gasteiger partial charge is 0.255 e. The molecule has 0 bridgehead atoms. The van der Waals surface area contributed by atoms with Gasteiger partial charge in [-0.2, -0.15) is 0 Å². The molecule has 0 aliphatic heterocycles. The lowest BCUT2D eigenvalue weighted by atomic mass is 10.1. The van der Waals surface area contributed by atoms with E-state index in [0.717, 1.165) is 17.5 Å². The second kappa shape index (κ2) is 7.60. The minimum absolute atomic E-state index is 0.0445. The maximum Gasteiger partial charge on any atom is 0.255 e. The first-order valence-electron chi connectivity index (χ1n) is 9.19. The zero-order valence-corrected chi connectivity index (χ0v) is 15.4. The Balaban J connectivity index is 1.52. The first-order valence-corrected chi connectivity index (χ1v) is 9.19. The van der Waals surface area contributed by atoms with Crippen LogP contribution in [0.25, 0.3) is 11.1 Å². The minimum Gasteiger partial charge on any atom is -0.320 e. The number of hydrogen-bond acceptors (Lipinski definition) is 4. The molecule has 4 rings (SSSR count). The van der Waals surface area contributed by atoms with Gasteiger partial charge in [0.2, 0.25) is 5.91 Å². The van der Waals surface area contributed by atoms with E-state index in [1.54, 1.807) is 24.5 Å². The molecule has 3 aromatic rings. The van der Waals surface area contributed by atoms with Crippen molar-refractivity contribution in [3.63, 3.8) is 0 Å². The Hall–Kier alpha value is -3.54. The molecule has 2 aromatic heterocycles. The zero-order chi connectivity index (χ0) is 19.5. The number of aromatic nitrogens is 2. The molecule has 0 saturated heterocycles. The molecule has 1 aliphatic carbocycles. The van der Waals surface area contributed by atoms with Gasteiger partial charge in [-0.05, 0) is 36.1 Å². The van der Waals surface area contributed by atoms with Gasteiger partial charge in [0, 0.05) is 29.4 Å². The van der Waals surface area contributed by atoms with E-state index in [4.69, 9.17) is 0 Å². The molecule has 0 radical (unpaired) electrons. The van der Waals surface area contributed by atoms with Gasteiger partial charge in [-0.1, -0.05) is 37.3 Å². The van der Waals surface area contributed by atoms with Crippen LogP contribution in [0.4, 0.5) is 11.5 Å². The molecule has 1 aliphatic rings. The van der Waals surface area contributed by atoms with Crippen molar-refractivity contribution < 1.29 is 9.59 Å². The van der Waals surface area contributed by atoms with Crippen LogP contribution >= 0.6 is 0 Å². The van der Waals surface area contributed by atoms with Gasteiger partial charge in [0.15, 0.2) is 0 Å². The number of anilines is 2. The van der Waals surface area contributed by atoms with Crippen molar-refractivity contribution in [2.75, 3.05) is 10.6 Å². The van der Waals surface area contributed by atoms with Crippen LogP contribution in [-0.4, -0.2) is 21.8 Å². The Morgan fingerprint density at radius 2 is 1.82 bits per heavy atom. The SMILES string of the molecule is CC1CC1C(=O)Nc1cc(C(=O)Nc2cnccc2-c2ccccc2)ccn1. The van der Waals surface area contributed by atoms with E-state index in [1.165, 1.54) is 6.20 Å². The van der Waals surface area contributed by atoms with Crippen molar-refractivity contribution in [2.24, 2.45) is 11.8 Å². The molecule has 6 heteroatoms. The molecule has 6 nitrogen and oxygen atoms in total. The Labute approximate surface area is 163 Å². The third-order valence-corrected chi connectivity index (χ3v) is 4.87. The predicted molar refractivity (Wildman–Crippen MR) is 108 cm³/mol. The van der Waals surface area contributed by atoms with Crippen LogP contribution in [0.1, 0.15) is 23.7 Å². The maximum atomic E-state index is 12.8. The number of hydrogen-bond donors (Lipinski definition) is 2. The van der Waals surface area contributed by atoms with Crippen molar-refractivity contribution in [1.29, 1.82) is 0 Å². The Bertz CT molecular complexity index is 1020. The van der Waals surface area contributed by atoms with Crippen LogP contribution in [0.15, 0.2) is 67.1 Å². The lowest BCUT2D eigenvalue weighted by molar-refractivity contribution is -0.117. The summed E-state index contributed by atoms with van der Waals surface area (Å²) in [6, 6.07) is 14.8. The third kappa shape index (κ3) is 3.91. The van der Waals surface area contributed by atoms with Gasteiger partial charge in [0.05, 0.1) is 11.9 Å². The number of nitrogens with one attached hydrogen (secondary N) is 2. The fourth-order valence-corrected chi connectivity index (χ4v) is 3.10. The quantitative estimate of drug-likeness (QED) is 0.709. The Kier molecular flexibility index (Phi) is 4.85. The number of carbonyl (C=O) groups excluding carboxylic acids is 2. The Morgan fingerprint density at radius 3 is 2.57 bits per heavy atom. The van der Waals surface area contributed by atoms with Crippen LogP contribution < -0.4 is 10.6 Å². The summed E-state index contributed by atoms with van der Waals surface area (Å²) in [6.45, 7) is 2.04. The van der Waals surface area contributed by atoms with Crippen LogP contribution in [0.3, 0.4) is 0 Å². The summed E-state index contributed by atoms with van der Waals surface area (Å²) in [5.41, 5.74) is 2.90. The van der Waals surface area contributed by atoms with Crippen LogP contribution in [-0.2, 0) is 4.79 Å². The lowest BCUT2D eigenvalue weighted by Gasteiger charge is -2.11. The summed E-state index contributed by atoms with van der Waals surface area (Å²) < 4.78 is 0. The molecule has 0 spiro atoms. The summed E-state index contributed by atoms with van der Waals surface area (Å²) in [5.74, 6) is 0.502. The molecule has 28 heavy (non-hydrogen) atoms. The third-order valence-electron chi connectivity index (χ3n) is 4.87. The fourth-order valence-electron chi connectivity index (χ4n) is 3.10. The van der Waals surface area contributed by atoms with Crippen molar-refractivity contribution >= 4 is 23.3 Å². The first kappa shape index (κ1) is 17.9. The standard InChI is InChI=1S/C22H20N4O2/c1-14-11-18(14)22(28)26-20-12-16(7-10-24-20)21(27)25-19-13-23-9-8-17(19)15-5-3-2-4-6-15/h2-10,12-14,18H,11H2,1H3,(H,25,27)(H,24,26,28). The molecule has 1 aromatic carbocycles. The number of carbonyl (C=O) groups is 2. The van der Waals surface area contributed by atoms with Gasteiger partial charge >= 0.3 is 0 Å². The molecule has 1 saturated carbocycles. The van der Waals surface area contributed by atoms with Crippen LogP contribution in [0.5, 0.6) is 0 Å². The molecule has 2 atom stereocenters. The number of benzene rings is 1. The van der Waals surface area contributed by atoms with Gasteiger partial charge in [-0.15, -0.1) is 0 Å². The average molecular weight is 372 g/mol. The van der Waals surface area contributed by atoms with Gasteiger partial charge in [-0.3, -0.25) is 14.6 Å². The second-order valence-electron chi connectivity index (χ2n) is 6.98. The summed E-state index contributed by atoms with van der Waals surface area (Å²) >= 11 is 0. The summed E-state index contributed by atoms with van der Waals surface area (Å²) in [5, 5.41) is 5.69. The molecule has 140 valence electrons. The zero-order valence-electron chi connectivity index (χ0n) is 15.4. The Morgan fingerprint density at radius 1 is 1.04 bits per heavy atom. The summed E-state index contributed by atoms with van der Waals surface area (Å²) in [6.07, 6.45) is 5.73. The van der Waals surface area contributed by atoms with E-state index in [-0.39, 0.29) is 17.7 Å². The molecule has 2 heterocycles. The van der Waals surface area contributed by atoms with Crippen molar-refractivity contribution in [3.05, 3.63) is 72.7 Å². The van der Waals surface area contributed by atoms with Crippen molar-refractivity contribution in [1.82, 2.24) is 9.97 Å². The van der Waals surface area contributed by atoms with Crippen LogP contribution in [0, 0.1) is 11.8 Å². The van der Waals surface area contributed by atoms with E-state index < -0.39 is 0 Å². The number of nitrogens with zero attached hydrogens (tertiary/aromatic N) is 2. The topological polar surface area (TPSA) is 84.0 Å². The highest BCUT2D eigenvalue weighted by Crippen LogP contribution is 2.38. The molecular formula is C22H20N4O2. The van der Waals surface area contributed by atoms with E-state index in [0.29, 0.717) is 23.0 Å². The van der Waals surface area contributed by atoms with Crippen molar-refractivity contribution in [2.45, 2.75) is 13.3 Å². The van der Waals surface area contributed by atoms with E-state index in [9.17, 15) is 9.59 Å². The molecule has 1 fully saturated rings. The van der Waals surface area contributed by atoms with Gasteiger partial charge in [0.1, 0.15) is 5.82 Å². The van der Waals surface area contributed by atoms with Gasteiger partial charge in [0.25, 0.3) is 5.91 Å². The van der Waals surface area contributed by atoms with E-state index >= 15 is 0 Å². The first-order chi connectivity index (χ1) is 13.6. The summed E-state index contributed by atoms with van der Waals surface area (Å²) in [4.78, 5) is 33.1. The average Bonchev–Trinajstić information content (AvgIpc) is 3.46. The number of pyridine rings is 2. The minimum atomic E-state index is -0.289. The van der Waals surface area contributed by atoms with Gasteiger partial charge < -0.3 is 10.6 Å². The lowest BCUT2D eigenvalue weighted by Crippen LogP contribution is -2.17. The fraction of sp³-hybridized carbons (Fsp3) is 0.182. The normalized spacial score (nSPS) is 17.6. The van der Waals surface area contributed by atoms with Crippen LogP contribution in [0.2, 0.25) is 0 Å². The molecule has 2 unspecified atom stereocenters. The number of amides is 2. The highest BCUT2D eigenvalue weighted by Gasteiger charge is 2.39. The molecular weight excluding hydrogens is 352 g/mol. The largest absolute Gasteiger partial charge is 0.320 e. The van der Waals surface area contributed by atoms with E-state index in [2.05, 4.69) is 20.6 Å². The molecule has 2 amide bonds. The summed E-state index contributed by atoms with van der Waals surface area (Å²) in [7, 11) is 0. The van der Waals surface area contributed by atoms with Crippen molar-refractivity contribution in [3.8, 4) is 11.1 Å². The monoisotopic (exact) mass is 372 g/mol. The number of rotatable bonds is 5. The highest BCUT2D eigenvalue weighted by atomic mass is 16.2. The molecule has 2 N–H and O–H groups in total. The van der Waals surface area contributed by atoms with Gasteiger partial charge in [-0.25, -0.2) is 4.98 Å².